The zero-order chi connectivity index (χ0) is 15.3. The maximum atomic E-state index is 12.6. The average Bonchev–Trinajstić information content (AvgIpc) is 3.11. The standard InChI is InChI=1S/C13H18N2O5S/c1-14-7-10(6-11(14)12(16)17)21(18,19)15-4-2-13(8-15)3-5-20-9-13/h6-7H,2-5,8-9H2,1H3,(H,16,17). The van der Waals surface area contributed by atoms with E-state index in [1.807, 2.05) is 0 Å². The van der Waals surface area contributed by atoms with Gasteiger partial charge in [0.05, 0.1) is 6.61 Å². The summed E-state index contributed by atoms with van der Waals surface area (Å²) in [6, 6.07) is 1.22. The van der Waals surface area contributed by atoms with Crippen molar-refractivity contribution in [1.29, 1.82) is 0 Å². The Labute approximate surface area is 123 Å². The highest BCUT2D eigenvalue weighted by atomic mass is 32.2. The SMILES string of the molecule is Cn1cc(S(=O)(=O)N2CCC3(CCOC3)C2)cc1C(=O)O. The Bertz CT molecular complexity index is 673. The summed E-state index contributed by atoms with van der Waals surface area (Å²) in [6.07, 6.45) is 3.04. The van der Waals surface area contributed by atoms with Crippen LogP contribution in [0.3, 0.4) is 0 Å². The van der Waals surface area contributed by atoms with Crippen LogP contribution in [-0.4, -0.2) is 54.7 Å². The normalized spacial score (nSPS) is 26.7. The van der Waals surface area contributed by atoms with Crippen molar-refractivity contribution in [1.82, 2.24) is 8.87 Å². The Morgan fingerprint density at radius 1 is 1.43 bits per heavy atom. The van der Waals surface area contributed by atoms with E-state index in [9.17, 15) is 13.2 Å². The summed E-state index contributed by atoms with van der Waals surface area (Å²) in [5.41, 5.74) is -0.0935. The molecule has 0 aromatic carbocycles. The molecule has 3 heterocycles. The van der Waals surface area contributed by atoms with Crippen LogP contribution >= 0.6 is 0 Å². The van der Waals surface area contributed by atoms with Gasteiger partial charge in [-0.2, -0.15) is 4.31 Å². The fourth-order valence-electron chi connectivity index (χ4n) is 3.11. The first-order chi connectivity index (χ1) is 9.84. The van der Waals surface area contributed by atoms with Gasteiger partial charge in [0.15, 0.2) is 0 Å². The van der Waals surface area contributed by atoms with Crippen LogP contribution in [0.5, 0.6) is 0 Å². The molecule has 7 nitrogen and oxygen atoms in total. The van der Waals surface area contributed by atoms with E-state index < -0.39 is 16.0 Å². The van der Waals surface area contributed by atoms with Crippen LogP contribution < -0.4 is 0 Å². The molecular weight excluding hydrogens is 296 g/mol. The van der Waals surface area contributed by atoms with Crippen molar-refractivity contribution < 1.29 is 23.1 Å². The number of rotatable bonds is 3. The second-order valence-corrected chi connectivity index (χ2v) is 7.81. The molecule has 8 heteroatoms. The van der Waals surface area contributed by atoms with E-state index in [1.54, 1.807) is 0 Å². The van der Waals surface area contributed by atoms with Gasteiger partial charge in [-0.3, -0.25) is 0 Å². The number of hydrogen-bond donors (Lipinski definition) is 1. The van der Waals surface area contributed by atoms with Gasteiger partial charge in [-0.1, -0.05) is 0 Å². The summed E-state index contributed by atoms with van der Waals surface area (Å²) < 4.78 is 33.4. The lowest BCUT2D eigenvalue weighted by Crippen LogP contribution is -2.32. The molecule has 1 N–H and O–H groups in total. The molecule has 0 saturated carbocycles. The monoisotopic (exact) mass is 314 g/mol. The lowest BCUT2D eigenvalue weighted by atomic mass is 9.87. The zero-order valence-corrected chi connectivity index (χ0v) is 12.6. The number of carbonyl (C=O) groups is 1. The van der Waals surface area contributed by atoms with E-state index in [2.05, 4.69) is 0 Å². The highest BCUT2D eigenvalue weighted by molar-refractivity contribution is 7.89. The van der Waals surface area contributed by atoms with Crippen LogP contribution in [0.15, 0.2) is 17.2 Å². The molecule has 2 aliphatic heterocycles. The summed E-state index contributed by atoms with van der Waals surface area (Å²) in [6.45, 7) is 2.20. The molecule has 2 fully saturated rings. The molecule has 3 rings (SSSR count). The van der Waals surface area contributed by atoms with Crippen molar-refractivity contribution in [2.75, 3.05) is 26.3 Å². The van der Waals surface area contributed by atoms with Gasteiger partial charge in [-0.05, 0) is 18.9 Å². The highest BCUT2D eigenvalue weighted by Gasteiger charge is 2.45. The van der Waals surface area contributed by atoms with E-state index in [0.717, 1.165) is 12.8 Å². The van der Waals surface area contributed by atoms with Crippen LogP contribution in [0.4, 0.5) is 0 Å². The predicted molar refractivity (Wildman–Crippen MR) is 73.6 cm³/mol. The van der Waals surface area contributed by atoms with Crippen LogP contribution in [0.25, 0.3) is 0 Å². The topological polar surface area (TPSA) is 88.8 Å². The van der Waals surface area contributed by atoms with Gasteiger partial charge < -0.3 is 14.4 Å². The van der Waals surface area contributed by atoms with Crippen molar-refractivity contribution >= 4 is 16.0 Å². The molecule has 1 unspecified atom stereocenters. The number of carboxylic acid groups (broad SMARTS) is 1. The fraction of sp³-hybridized carbons (Fsp3) is 0.615. The summed E-state index contributed by atoms with van der Waals surface area (Å²) >= 11 is 0. The molecular formula is C13H18N2O5S. The van der Waals surface area contributed by atoms with Crippen LogP contribution in [-0.2, 0) is 21.8 Å². The second-order valence-electron chi connectivity index (χ2n) is 5.87. The molecule has 1 spiro atoms. The average molecular weight is 314 g/mol. The Balaban J connectivity index is 1.87. The molecule has 0 bridgehead atoms. The molecule has 1 atom stereocenters. The molecule has 116 valence electrons. The van der Waals surface area contributed by atoms with E-state index >= 15 is 0 Å². The summed E-state index contributed by atoms with van der Waals surface area (Å²) in [7, 11) is -2.12. The number of nitrogens with zero attached hydrogens (tertiary/aromatic N) is 2. The zero-order valence-electron chi connectivity index (χ0n) is 11.8. The maximum absolute atomic E-state index is 12.6. The van der Waals surface area contributed by atoms with Crippen molar-refractivity contribution in [2.24, 2.45) is 12.5 Å². The summed E-state index contributed by atoms with van der Waals surface area (Å²) in [4.78, 5) is 11.1. The van der Waals surface area contributed by atoms with Crippen LogP contribution in [0.1, 0.15) is 23.3 Å². The van der Waals surface area contributed by atoms with Gasteiger partial charge in [-0.15, -0.1) is 0 Å². The third-order valence-electron chi connectivity index (χ3n) is 4.43. The molecule has 0 aliphatic carbocycles. The van der Waals surface area contributed by atoms with Gasteiger partial charge >= 0.3 is 5.97 Å². The first-order valence-electron chi connectivity index (χ1n) is 6.82. The Hall–Kier alpha value is -1.38. The molecule has 2 aliphatic rings. The van der Waals surface area contributed by atoms with E-state index in [1.165, 1.54) is 28.2 Å². The number of carboxylic acids is 1. The minimum atomic E-state index is -3.64. The van der Waals surface area contributed by atoms with Crippen molar-refractivity contribution in [3.05, 3.63) is 18.0 Å². The van der Waals surface area contributed by atoms with Crippen molar-refractivity contribution in [3.63, 3.8) is 0 Å². The molecule has 2 saturated heterocycles. The van der Waals surface area contributed by atoms with Gasteiger partial charge in [0, 0.05) is 38.4 Å². The van der Waals surface area contributed by atoms with Gasteiger partial charge in [0.1, 0.15) is 10.6 Å². The number of ether oxygens (including phenoxy) is 1. The minimum absolute atomic E-state index is 0.0355. The number of aromatic nitrogens is 1. The Morgan fingerprint density at radius 2 is 2.19 bits per heavy atom. The van der Waals surface area contributed by atoms with E-state index in [4.69, 9.17) is 9.84 Å². The molecule has 21 heavy (non-hydrogen) atoms. The quantitative estimate of drug-likeness (QED) is 0.879. The number of hydrogen-bond acceptors (Lipinski definition) is 4. The maximum Gasteiger partial charge on any atom is 0.352 e. The second kappa shape index (κ2) is 4.82. The lowest BCUT2D eigenvalue weighted by Gasteiger charge is -2.21. The molecule has 0 amide bonds. The largest absolute Gasteiger partial charge is 0.477 e. The van der Waals surface area contributed by atoms with Crippen molar-refractivity contribution in [3.8, 4) is 0 Å². The third-order valence-corrected chi connectivity index (χ3v) is 6.24. The number of sulfonamides is 1. The smallest absolute Gasteiger partial charge is 0.352 e. The minimum Gasteiger partial charge on any atom is -0.477 e. The predicted octanol–water partition coefficient (Wildman–Crippen LogP) is 0.524. The summed E-state index contributed by atoms with van der Waals surface area (Å²) in [5, 5.41) is 9.03. The summed E-state index contributed by atoms with van der Waals surface area (Å²) in [5.74, 6) is -1.14. The molecule has 1 aromatic heterocycles. The van der Waals surface area contributed by atoms with E-state index in [0.29, 0.717) is 26.3 Å². The van der Waals surface area contributed by atoms with E-state index in [-0.39, 0.29) is 16.0 Å². The van der Waals surface area contributed by atoms with Crippen LogP contribution in [0.2, 0.25) is 0 Å². The first kappa shape index (κ1) is 14.6. The van der Waals surface area contributed by atoms with Crippen molar-refractivity contribution in [2.45, 2.75) is 17.7 Å². The highest BCUT2D eigenvalue weighted by Crippen LogP contribution is 2.40. The van der Waals surface area contributed by atoms with Gasteiger partial charge in [0.25, 0.3) is 0 Å². The number of aryl methyl sites for hydroxylation is 1. The van der Waals surface area contributed by atoms with Crippen LogP contribution in [0, 0.1) is 5.41 Å². The number of aromatic carboxylic acids is 1. The molecule has 0 radical (unpaired) electrons. The first-order valence-corrected chi connectivity index (χ1v) is 8.26. The Morgan fingerprint density at radius 3 is 2.76 bits per heavy atom. The lowest BCUT2D eigenvalue weighted by molar-refractivity contribution is 0.0686. The van der Waals surface area contributed by atoms with Gasteiger partial charge in [-0.25, -0.2) is 13.2 Å². The Kier molecular flexibility index (Phi) is 3.34. The van der Waals surface area contributed by atoms with Gasteiger partial charge in [0.2, 0.25) is 10.0 Å². The fourth-order valence-corrected chi connectivity index (χ4v) is 4.73. The third kappa shape index (κ3) is 2.37. The molecule has 1 aromatic rings.